The summed E-state index contributed by atoms with van der Waals surface area (Å²) in [5, 5.41) is 0. The quantitative estimate of drug-likeness (QED) is 0.453. The van der Waals surface area contributed by atoms with Crippen molar-refractivity contribution in [2.75, 3.05) is 0 Å². The summed E-state index contributed by atoms with van der Waals surface area (Å²) in [6.07, 6.45) is 6.69. The number of allylic oxidation sites excluding steroid dienone is 2. The average molecular weight is 182 g/mol. The first-order chi connectivity index (χ1) is 6.11. The van der Waals surface area contributed by atoms with Gasteiger partial charge in [-0.2, -0.15) is 0 Å². The molecule has 0 aromatic carbocycles. The van der Waals surface area contributed by atoms with Crippen LogP contribution >= 0.6 is 0 Å². The van der Waals surface area contributed by atoms with Gasteiger partial charge in [0.25, 0.3) is 0 Å². The van der Waals surface area contributed by atoms with Crippen LogP contribution in [-0.2, 0) is 4.79 Å². The summed E-state index contributed by atoms with van der Waals surface area (Å²) in [7, 11) is 0. The van der Waals surface area contributed by atoms with Gasteiger partial charge in [-0.25, -0.2) is 0 Å². The van der Waals surface area contributed by atoms with Gasteiger partial charge in [0, 0.05) is 5.92 Å². The van der Waals surface area contributed by atoms with Crippen LogP contribution in [0.2, 0.25) is 0 Å². The lowest BCUT2D eigenvalue weighted by Crippen LogP contribution is -2.11. The summed E-state index contributed by atoms with van der Waals surface area (Å²) in [4.78, 5) is 10.6. The molecule has 0 saturated carbocycles. The maximum atomic E-state index is 10.6. The molecule has 0 bridgehead atoms. The lowest BCUT2D eigenvalue weighted by Gasteiger charge is -2.16. The van der Waals surface area contributed by atoms with Gasteiger partial charge in [0.2, 0.25) is 0 Å². The van der Waals surface area contributed by atoms with Crippen molar-refractivity contribution in [1.82, 2.24) is 0 Å². The fourth-order valence-corrected chi connectivity index (χ4v) is 1.54. The Bertz CT molecular complexity index is 166. The summed E-state index contributed by atoms with van der Waals surface area (Å²) in [6.45, 7) is 8.41. The minimum absolute atomic E-state index is 0.218. The largest absolute Gasteiger partial charge is 0.303 e. The summed E-state index contributed by atoms with van der Waals surface area (Å²) in [5.74, 6) is 0.781. The molecule has 1 heteroatoms. The maximum absolute atomic E-state index is 10.6. The van der Waals surface area contributed by atoms with Crippen LogP contribution in [0.25, 0.3) is 0 Å². The van der Waals surface area contributed by atoms with Crippen molar-refractivity contribution in [2.45, 2.75) is 47.0 Å². The van der Waals surface area contributed by atoms with Crippen molar-refractivity contribution in [3.8, 4) is 0 Å². The molecule has 1 nitrogen and oxygen atoms in total. The molecule has 13 heavy (non-hydrogen) atoms. The number of rotatable bonds is 6. The molecular formula is C12H22O. The minimum atomic E-state index is 0.218. The molecular weight excluding hydrogens is 160 g/mol. The SMILES string of the molecule is CCC(CCC=C(C)C)C(C)C=O. The van der Waals surface area contributed by atoms with Gasteiger partial charge in [0.05, 0.1) is 0 Å². The van der Waals surface area contributed by atoms with Gasteiger partial charge in [-0.05, 0) is 32.6 Å². The van der Waals surface area contributed by atoms with Gasteiger partial charge < -0.3 is 4.79 Å². The molecule has 76 valence electrons. The second-order valence-corrected chi connectivity index (χ2v) is 4.02. The first-order valence-electron chi connectivity index (χ1n) is 5.20. The van der Waals surface area contributed by atoms with Crippen molar-refractivity contribution >= 4 is 6.29 Å². The third-order valence-corrected chi connectivity index (χ3v) is 2.57. The molecule has 2 unspecified atom stereocenters. The zero-order chi connectivity index (χ0) is 10.3. The van der Waals surface area contributed by atoms with Crippen LogP contribution in [-0.4, -0.2) is 6.29 Å². The van der Waals surface area contributed by atoms with Crippen molar-refractivity contribution in [3.63, 3.8) is 0 Å². The summed E-state index contributed by atoms with van der Waals surface area (Å²) in [6, 6.07) is 0. The zero-order valence-corrected chi connectivity index (χ0v) is 9.34. The molecule has 2 atom stereocenters. The molecule has 0 aliphatic heterocycles. The Kier molecular flexibility index (Phi) is 6.56. The molecule has 0 heterocycles. The van der Waals surface area contributed by atoms with E-state index in [1.54, 1.807) is 0 Å². The molecule has 0 N–H and O–H groups in total. The number of carbonyl (C=O) groups is 1. The van der Waals surface area contributed by atoms with E-state index in [-0.39, 0.29) is 5.92 Å². The molecule has 0 aliphatic rings. The van der Waals surface area contributed by atoms with Crippen LogP contribution in [0.5, 0.6) is 0 Å². The van der Waals surface area contributed by atoms with Gasteiger partial charge in [0.1, 0.15) is 6.29 Å². The predicted octanol–water partition coefficient (Wildman–Crippen LogP) is 3.59. The molecule has 0 fully saturated rings. The molecule has 0 aromatic heterocycles. The van der Waals surface area contributed by atoms with Crippen LogP contribution in [0.3, 0.4) is 0 Å². The fourth-order valence-electron chi connectivity index (χ4n) is 1.54. The third kappa shape index (κ3) is 5.62. The second kappa shape index (κ2) is 6.88. The molecule has 0 rings (SSSR count). The summed E-state index contributed by atoms with van der Waals surface area (Å²) < 4.78 is 0. The predicted molar refractivity (Wildman–Crippen MR) is 57.7 cm³/mol. The van der Waals surface area contributed by atoms with Crippen molar-refractivity contribution in [2.24, 2.45) is 11.8 Å². The van der Waals surface area contributed by atoms with Crippen LogP contribution in [0, 0.1) is 11.8 Å². The van der Waals surface area contributed by atoms with E-state index in [2.05, 4.69) is 26.8 Å². The molecule has 0 aliphatic carbocycles. The van der Waals surface area contributed by atoms with Gasteiger partial charge in [-0.3, -0.25) is 0 Å². The van der Waals surface area contributed by atoms with Crippen LogP contribution < -0.4 is 0 Å². The number of aldehydes is 1. The number of carbonyl (C=O) groups excluding carboxylic acids is 1. The molecule has 0 spiro atoms. The first kappa shape index (κ1) is 12.4. The van der Waals surface area contributed by atoms with Crippen molar-refractivity contribution in [1.29, 1.82) is 0 Å². The van der Waals surface area contributed by atoms with E-state index in [4.69, 9.17) is 0 Å². The highest BCUT2D eigenvalue weighted by atomic mass is 16.1. The van der Waals surface area contributed by atoms with Crippen LogP contribution in [0.15, 0.2) is 11.6 Å². The van der Waals surface area contributed by atoms with E-state index in [1.165, 1.54) is 5.57 Å². The average Bonchev–Trinajstić information content (AvgIpc) is 2.11. The Morgan fingerprint density at radius 2 is 2.00 bits per heavy atom. The smallest absolute Gasteiger partial charge is 0.123 e. The normalized spacial score (nSPS) is 14.8. The van der Waals surface area contributed by atoms with Gasteiger partial charge >= 0.3 is 0 Å². The highest BCUT2D eigenvalue weighted by molar-refractivity contribution is 5.53. The standard InChI is InChI=1S/C12H22O/c1-5-12(11(4)9-13)8-6-7-10(2)3/h7,9,11-12H,5-6,8H2,1-4H3. The van der Waals surface area contributed by atoms with E-state index >= 15 is 0 Å². The Balaban J connectivity index is 3.85. The van der Waals surface area contributed by atoms with Crippen LogP contribution in [0.4, 0.5) is 0 Å². The topological polar surface area (TPSA) is 17.1 Å². The molecule has 0 amide bonds. The Hall–Kier alpha value is -0.590. The number of hydrogen-bond donors (Lipinski definition) is 0. The second-order valence-electron chi connectivity index (χ2n) is 4.02. The Morgan fingerprint density at radius 3 is 2.38 bits per heavy atom. The molecule has 0 radical (unpaired) electrons. The van der Waals surface area contributed by atoms with E-state index < -0.39 is 0 Å². The lowest BCUT2D eigenvalue weighted by atomic mass is 9.88. The number of hydrogen-bond acceptors (Lipinski definition) is 1. The monoisotopic (exact) mass is 182 g/mol. The molecule has 0 aromatic rings. The van der Waals surface area contributed by atoms with E-state index in [9.17, 15) is 4.79 Å². The first-order valence-corrected chi connectivity index (χ1v) is 5.20. The summed E-state index contributed by atoms with van der Waals surface area (Å²) in [5.41, 5.74) is 1.37. The van der Waals surface area contributed by atoms with E-state index in [0.29, 0.717) is 5.92 Å². The third-order valence-electron chi connectivity index (χ3n) is 2.57. The fraction of sp³-hybridized carbons (Fsp3) is 0.750. The summed E-state index contributed by atoms with van der Waals surface area (Å²) >= 11 is 0. The highest BCUT2D eigenvalue weighted by Gasteiger charge is 2.13. The van der Waals surface area contributed by atoms with Gasteiger partial charge in [-0.1, -0.05) is 31.9 Å². The zero-order valence-electron chi connectivity index (χ0n) is 9.34. The molecule has 0 saturated heterocycles. The Labute approximate surface area is 82.2 Å². The van der Waals surface area contributed by atoms with E-state index in [1.807, 2.05) is 6.92 Å². The lowest BCUT2D eigenvalue weighted by molar-refractivity contribution is -0.112. The van der Waals surface area contributed by atoms with Crippen LogP contribution in [0.1, 0.15) is 47.0 Å². The van der Waals surface area contributed by atoms with E-state index in [0.717, 1.165) is 25.5 Å². The highest BCUT2D eigenvalue weighted by Crippen LogP contribution is 2.20. The van der Waals surface area contributed by atoms with Crippen molar-refractivity contribution in [3.05, 3.63) is 11.6 Å². The maximum Gasteiger partial charge on any atom is 0.123 e. The minimum Gasteiger partial charge on any atom is -0.303 e. The van der Waals surface area contributed by atoms with Crippen molar-refractivity contribution < 1.29 is 4.79 Å². The Morgan fingerprint density at radius 1 is 1.38 bits per heavy atom. The van der Waals surface area contributed by atoms with Gasteiger partial charge in [-0.15, -0.1) is 0 Å². The van der Waals surface area contributed by atoms with Gasteiger partial charge in [0.15, 0.2) is 0 Å².